The molecule has 0 radical (unpaired) electrons. The molecule has 0 aliphatic rings. The fourth-order valence-electron chi connectivity index (χ4n) is 2.07. The van der Waals surface area contributed by atoms with E-state index in [-0.39, 0.29) is 18.0 Å². The van der Waals surface area contributed by atoms with E-state index in [4.69, 9.17) is 12.2 Å². The molecule has 0 fully saturated rings. The predicted molar refractivity (Wildman–Crippen MR) is 75.2 cm³/mol. The highest BCUT2D eigenvalue weighted by Crippen LogP contribution is 2.16. The zero-order valence-electron chi connectivity index (χ0n) is 11.4. The SMILES string of the molecule is C#Cc1cc(N)cc(C(=O)N(C(C)C)C(C)C)c1. The second-order valence-corrected chi connectivity index (χ2v) is 4.89. The van der Waals surface area contributed by atoms with Gasteiger partial charge in [0.1, 0.15) is 0 Å². The Morgan fingerprint density at radius 1 is 1.22 bits per heavy atom. The lowest BCUT2D eigenvalue weighted by Crippen LogP contribution is -2.42. The van der Waals surface area contributed by atoms with E-state index < -0.39 is 0 Å². The summed E-state index contributed by atoms with van der Waals surface area (Å²) in [6, 6.07) is 5.32. The highest BCUT2D eigenvalue weighted by molar-refractivity contribution is 5.95. The summed E-state index contributed by atoms with van der Waals surface area (Å²) in [6.07, 6.45) is 5.35. The molecular weight excluding hydrogens is 224 g/mol. The zero-order valence-corrected chi connectivity index (χ0v) is 11.4. The number of benzene rings is 1. The van der Waals surface area contributed by atoms with Crippen molar-refractivity contribution in [3.8, 4) is 12.3 Å². The number of hydrogen-bond acceptors (Lipinski definition) is 2. The molecule has 1 aromatic carbocycles. The molecular formula is C15H20N2O. The molecule has 3 heteroatoms. The minimum atomic E-state index is -0.0381. The molecule has 0 saturated heterocycles. The van der Waals surface area contributed by atoms with Gasteiger partial charge in [-0.3, -0.25) is 4.79 Å². The molecule has 1 aromatic rings. The van der Waals surface area contributed by atoms with Crippen molar-refractivity contribution in [2.75, 3.05) is 5.73 Å². The largest absolute Gasteiger partial charge is 0.399 e. The number of amides is 1. The number of nitrogens with zero attached hydrogens (tertiary/aromatic N) is 1. The van der Waals surface area contributed by atoms with E-state index in [1.54, 1.807) is 18.2 Å². The first kappa shape index (κ1) is 14.1. The van der Waals surface area contributed by atoms with Crippen LogP contribution in [0.3, 0.4) is 0 Å². The molecule has 1 amide bonds. The van der Waals surface area contributed by atoms with Gasteiger partial charge in [-0.2, -0.15) is 0 Å². The van der Waals surface area contributed by atoms with Gasteiger partial charge in [0.15, 0.2) is 0 Å². The number of anilines is 1. The van der Waals surface area contributed by atoms with Crippen LogP contribution in [0.5, 0.6) is 0 Å². The van der Waals surface area contributed by atoms with Gasteiger partial charge in [-0.1, -0.05) is 5.92 Å². The molecule has 3 nitrogen and oxygen atoms in total. The van der Waals surface area contributed by atoms with Gasteiger partial charge in [0.25, 0.3) is 5.91 Å². The standard InChI is InChI=1S/C15H20N2O/c1-6-12-7-13(9-14(16)8-12)15(18)17(10(2)3)11(4)5/h1,7-11H,16H2,2-5H3. The van der Waals surface area contributed by atoms with E-state index in [1.807, 2.05) is 32.6 Å². The third-order valence-corrected chi connectivity index (χ3v) is 2.72. The molecule has 0 atom stereocenters. The van der Waals surface area contributed by atoms with Crippen LogP contribution in [0.15, 0.2) is 18.2 Å². The highest BCUT2D eigenvalue weighted by Gasteiger charge is 2.21. The van der Waals surface area contributed by atoms with Crippen molar-refractivity contribution in [3.05, 3.63) is 29.3 Å². The van der Waals surface area contributed by atoms with Crippen LogP contribution in [0.1, 0.15) is 43.6 Å². The van der Waals surface area contributed by atoms with E-state index in [9.17, 15) is 4.79 Å². The monoisotopic (exact) mass is 244 g/mol. The maximum Gasteiger partial charge on any atom is 0.254 e. The van der Waals surface area contributed by atoms with E-state index >= 15 is 0 Å². The lowest BCUT2D eigenvalue weighted by molar-refractivity contribution is 0.0644. The number of nitrogens with two attached hydrogens (primary N) is 1. The Morgan fingerprint density at radius 2 is 1.78 bits per heavy atom. The van der Waals surface area contributed by atoms with Gasteiger partial charge in [-0.25, -0.2) is 0 Å². The molecule has 0 aliphatic heterocycles. The maximum atomic E-state index is 12.4. The second-order valence-electron chi connectivity index (χ2n) is 4.89. The molecule has 18 heavy (non-hydrogen) atoms. The molecule has 96 valence electrons. The van der Waals surface area contributed by atoms with Crippen LogP contribution in [-0.4, -0.2) is 22.9 Å². The van der Waals surface area contributed by atoms with Crippen molar-refractivity contribution in [1.29, 1.82) is 0 Å². The van der Waals surface area contributed by atoms with Crippen molar-refractivity contribution >= 4 is 11.6 Å². The Balaban J connectivity index is 3.17. The fraction of sp³-hybridized carbons (Fsp3) is 0.400. The van der Waals surface area contributed by atoms with Crippen molar-refractivity contribution in [2.24, 2.45) is 0 Å². The molecule has 0 aromatic heterocycles. The molecule has 0 spiro atoms. The second kappa shape index (κ2) is 5.59. The summed E-state index contributed by atoms with van der Waals surface area (Å²) in [6.45, 7) is 7.97. The van der Waals surface area contributed by atoms with Gasteiger partial charge >= 0.3 is 0 Å². The predicted octanol–water partition coefficient (Wildman–Crippen LogP) is 2.51. The summed E-state index contributed by atoms with van der Waals surface area (Å²) in [5.74, 6) is 2.47. The Labute approximate surface area is 109 Å². The number of carbonyl (C=O) groups excluding carboxylic acids is 1. The van der Waals surface area contributed by atoms with Crippen LogP contribution in [0.2, 0.25) is 0 Å². The number of nitrogen functional groups attached to an aromatic ring is 1. The number of rotatable bonds is 3. The third kappa shape index (κ3) is 3.04. The van der Waals surface area contributed by atoms with Gasteiger partial charge in [-0.05, 0) is 45.9 Å². The zero-order chi connectivity index (χ0) is 13.9. The summed E-state index contributed by atoms with van der Waals surface area (Å²) in [7, 11) is 0. The van der Waals surface area contributed by atoms with E-state index in [1.165, 1.54) is 0 Å². The molecule has 0 heterocycles. The highest BCUT2D eigenvalue weighted by atomic mass is 16.2. The Hall–Kier alpha value is -1.95. The van der Waals surface area contributed by atoms with Gasteiger partial charge < -0.3 is 10.6 Å². The average Bonchev–Trinajstić information content (AvgIpc) is 2.26. The van der Waals surface area contributed by atoms with Gasteiger partial charge in [0.2, 0.25) is 0 Å². The Kier molecular flexibility index (Phi) is 4.38. The topological polar surface area (TPSA) is 46.3 Å². The summed E-state index contributed by atoms with van der Waals surface area (Å²) in [5, 5.41) is 0. The van der Waals surface area contributed by atoms with Crippen molar-refractivity contribution in [2.45, 2.75) is 39.8 Å². The first-order chi connectivity index (χ1) is 8.36. The van der Waals surface area contributed by atoms with Crippen LogP contribution in [0, 0.1) is 12.3 Å². The van der Waals surface area contributed by atoms with Crippen LogP contribution in [0.25, 0.3) is 0 Å². The minimum absolute atomic E-state index is 0.0381. The van der Waals surface area contributed by atoms with E-state index in [2.05, 4.69) is 5.92 Å². The first-order valence-corrected chi connectivity index (χ1v) is 6.06. The maximum absolute atomic E-state index is 12.4. The molecule has 0 unspecified atom stereocenters. The summed E-state index contributed by atoms with van der Waals surface area (Å²) < 4.78 is 0. The summed E-state index contributed by atoms with van der Waals surface area (Å²) in [4.78, 5) is 14.3. The first-order valence-electron chi connectivity index (χ1n) is 6.06. The molecule has 1 rings (SSSR count). The quantitative estimate of drug-likeness (QED) is 0.656. The lowest BCUT2D eigenvalue weighted by Gasteiger charge is -2.31. The van der Waals surface area contributed by atoms with Crippen LogP contribution >= 0.6 is 0 Å². The van der Waals surface area contributed by atoms with Crippen LogP contribution < -0.4 is 5.73 Å². The third-order valence-electron chi connectivity index (χ3n) is 2.72. The molecule has 0 aliphatic carbocycles. The van der Waals surface area contributed by atoms with Crippen LogP contribution in [0.4, 0.5) is 5.69 Å². The number of terminal acetylenes is 1. The molecule has 0 saturated carbocycles. The number of hydrogen-bond donors (Lipinski definition) is 1. The minimum Gasteiger partial charge on any atom is -0.399 e. The molecule has 2 N–H and O–H groups in total. The van der Waals surface area contributed by atoms with E-state index in [0.29, 0.717) is 16.8 Å². The summed E-state index contributed by atoms with van der Waals surface area (Å²) in [5.41, 5.74) is 7.45. The van der Waals surface area contributed by atoms with Gasteiger partial charge in [0.05, 0.1) is 0 Å². The molecule has 0 bridgehead atoms. The van der Waals surface area contributed by atoms with Gasteiger partial charge in [0, 0.05) is 28.9 Å². The average molecular weight is 244 g/mol. The van der Waals surface area contributed by atoms with Crippen molar-refractivity contribution < 1.29 is 4.79 Å². The smallest absolute Gasteiger partial charge is 0.254 e. The normalized spacial score (nSPS) is 10.5. The van der Waals surface area contributed by atoms with E-state index in [0.717, 1.165) is 0 Å². The van der Waals surface area contributed by atoms with Crippen LogP contribution in [-0.2, 0) is 0 Å². The fourth-order valence-corrected chi connectivity index (χ4v) is 2.07. The van der Waals surface area contributed by atoms with Crippen molar-refractivity contribution in [1.82, 2.24) is 4.90 Å². The van der Waals surface area contributed by atoms with Crippen molar-refractivity contribution in [3.63, 3.8) is 0 Å². The Morgan fingerprint density at radius 3 is 2.22 bits per heavy atom. The summed E-state index contributed by atoms with van der Waals surface area (Å²) >= 11 is 0. The Bertz CT molecular complexity index is 476. The van der Waals surface area contributed by atoms with Gasteiger partial charge in [-0.15, -0.1) is 6.42 Å². The lowest BCUT2D eigenvalue weighted by atomic mass is 10.1. The number of carbonyl (C=O) groups is 1.